The molecule has 1 aliphatic carbocycles. The van der Waals surface area contributed by atoms with Gasteiger partial charge in [0.1, 0.15) is 0 Å². The molecule has 1 aliphatic rings. The minimum Gasteiger partial charge on any atom is -0.175 e. The van der Waals surface area contributed by atoms with Crippen LogP contribution in [0.25, 0.3) is 6.08 Å². The molecule has 0 saturated heterocycles. The highest BCUT2D eigenvalue weighted by atomic mass is 32.1. The normalized spacial score (nSPS) is 17.2. The molecule has 0 radical (unpaired) electrons. The monoisotopic (exact) mass is 232 g/mol. The van der Waals surface area contributed by atoms with Crippen LogP contribution in [0.3, 0.4) is 0 Å². The third kappa shape index (κ3) is 1.45. The maximum Gasteiger partial charge on any atom is 0.0125 e. The minimum atomic E-state index is 0.152. The smallest absolute Gasteiger partial charge is 0.0125 e. The molecule has 16 heavy (non-hydrogen) atoms. The fourth-order valence-corrected chi connectivity index (χ4v) is 3.37. The van der Waals surface area contributed by atoms with Crippen molar-refractivity contribution in [2.45, 2.75) is 40.0 Å². The summed E-state index contributed by atoms with van der Waals surface area (Å²) in [6, 6.07) is 2.31. The lowest BCUT2D eigenvalue weighted by Crippen LogP contribution is -2.19. The Hall–Kier alpha value is -0.690. The third-order valence-electron chi connectivity index (χ3n) is 4.01. The van der Waals surface area contributed by atoms with Gasteiger partial charge in [-0.2, -0.15) is 12.6 Å². The van der Waals surface area contributed by atoms with Gasteiger partial charge in [-0.3, -0.25) is 0 Å². The molecular formula is C15H20S. The quantitative estimate of drug-likeness (QED) is 0.689. The molecule has 1 heteroatoms. The average Bonchev–Trinajstić information content (AvgIpc) is 2.46. The average molecular weight is 232 g/mol. The molecule has 1 aromatic rings. The van der Waals surface area contributed by atoms with E-state index in [1.165, 1.54) is 33.4 Å². The Morgan fingerprint density at radius 3 is 2.31 bits per heavy atom. The lowest BCUT2D eigenvalue weighted by Gasteiger charge is -2.26. The molecule has 0 N–H and O–H groups in total. The molecule has 0 amide bonds. The molecule has 86 valence electrons. The van der Waals surface area contributed by atoms with Crippen LogP contribution in [0, 0.1) is 20.8 Å². The summed E-state index contributed by atoms with van der Waals surface area (Å²) >= 11 is 4.46. The van der Waals surface area contributed by atoms with Gasteiger partial charge >= 0.3 is 0 Å². The molecule has 0 aliphatic heterocycles. The number of aryl methyl sites for hydroxylation is 2. The summed E-state index contributed by atoms with van der Waals surface area (Å²) in [4.78, 5) is 0. The van der Waals surface area contributed by atoms with Gasteiger partial charge in [0.2, 0.25) is 0 Å². The van der Waals surface area contributed by atoms with Crippen molar-refractivity contribution < 1.29 is 0 Å². The Bertz CT molecular complexity index is 479. The van der Waals surface area contributed by atoms with Crippen molar-refractivity contribution in [2.75, 3.05) is 5.75 Å². The molecule has 0 unspecified atom stereocenters. The predicted octanol–water partition coefficient (Wildman–Crippen LogP) is 4.22. The van der Waals surface area contributed by atoms with Crippen molar-refractivity contribution in [3.8, 4) is 0 Å². The number of hydrogen-bond donors (Lipinski definition) is 1. The van der Waals surface area contributed by atoms with Crippen LogP contribution in [-0.4, -0.2) is 5.75 Å². The lowest BCUT2D eigenvalue weighted by atomic mass is 9.78. The zero-order valence-corrected chi connectivity index (χ0v) is 11.7. The van der Waals surface area contributed by atoms with Crippen LogP contribution in [-0.2, 0) is 5.41 Å². The summed E-state index contributed by atoms with van der Waals surface area (Å²) in [5, 5.41) is 0. The Kier molecular flexibility index (Phi) is 2.70. The van der Waals surface area contributed by atoms with Gasteiger partial charge in [-0.15, -0.1) is 0 Å². The van der Waals surface area contributed by atoms with Crippen molar-refractivity contribution in [1.29, 1.82) is 0 Å². The summed E-state index contributed by atoms with van der Waals surface area (Å²) in [6.07, 6.45) is 2.34. The lowest BCUT2D eigenvalue weighted by molar-refractivity contribution is 0.637. The zero-order valence-electron chi connectivity index (χ0n) is 10.8. The van der Waals surface area contributed by atoms with Crippen LogP contribution >= 0.6 is 12.6 Å². The van der Waals surface area contributed by atoms with Crippen LogP contribution in [0.1, 0.15) is 41.7 Å². The number of thiol groups is 1. The van der Waals surface area contributed by atoms with E-state index >= 15 is 0 Å². The molecular weight excluding hydrogens is 212 g/mol. The van der Waals surface area contributed by atoms with Crippen LogP contribution in [0.15, 0.2) is 11.6 Å². The highest BCUT2D eigenvalue weighted by Crippen LogP contribution is 2.45. The van der Waals surface area contributed by atoms with E-state index < -0.39 is 0 Å². The predicted molar refractivity (Wildman–Crippen MR) is 75.5 cm³/mol. The van der Waals surface area contributed by atoms with Gasteiger partial charge < -0.3 is 0 Å². The fourth-order valence-electron chi connectivity index (χ4n) is 2.89. The van der Waals surface area contributed by atoms with Crippen molar-refractivity contribution in [3.05, 3.63) is 39.5 Å². The topological polar surface area (TPSA) is 0 Å². The van der Waals surface area contributed by atoms with Gasteiger partial charge in [0, 0.05) is 11.2 Å². The van der Waals surface area contributed by atoms with E-state index in [1.807, 2.05) is 0 Å². The molecule has 0 bridgehead atoms. The van der Waals surface area contributed by atoms with E-state index in [-0.39, 0.29) is 5.41 Å². The van der Waals surface area contributed by atoms with Gasteiger partial charge in [-0.1, -0.05) is 26.0 Å². The van der Waals surface area contributed by atoms with E-state index in [2.05, 4.69) is 59.4 Å². The molecule has 0 aromatic heterocycles. The summed E-state index contributed by atoms with van der Waals surface area (Å²) < 4.78 is 0. The molecule has 2 rings (SSSR count). The van der Waals surface area contributed by atoms with Crippen molar-refractivity contribution >= 4 is 18.7 Å². The van der Waals surface area contributed by atoms with Crippen LogP contribution in [0.5, 0.6) is 0 Å². The van der Waals surface area contributed by atoms with E-state index in [4.69, 9.17) is 0 Å². The highest BCUT2D eigenvalue weighted by Gasteiger charge is 2.34. The van der Waals surface area contributed by atoms with Crippen molar-refractivity contribution in [2.24, 2.45) is 0 Å². The van der Waals surface area contributed by atoms with E-state index in [1.54, 1.807) is 0 Å². The molecule has 1 aromatic carbocycles. The molecule has 0 fully saturated rings. The second kappa shape index (κ2) is 3.66. The zero-order chi connectivity index (χ0) is 12.1. The van der Waals surface area contributed by atoms with Crippen LogP contribution < -0.4 is 0 Å². The van der Waals surface area contributed by atoms with Crippen LogP contribution in [0.4, 0.5) is 0 Å². The van der Waals surface area contributed by atoms with Gasteiger partial charge in [0.25, 0.3) is 0 Å². The summed E-state index contributed by atoms with van der Waals surface area (Å²) in [7, 11) is 0. The Morgan fingerprint density at radius 2 is 1.75 bits per heavy atom. The maximum absolute atomic E-state index is 4.46. The molecule has 0 heterocycles. The van der Waals surface area contributed by atoms with E-state index in [0.29, 0.717) is 0 Å². The van der Waals surface area contributed by atoms with Gasteiger partial charge in [0.15, 0.2) is 0 Å². The number of hydrogen-bond acceptors (Lipinski definition) is 1. The summed E-state index contributed by atoms with van der Waals surface area (Å²) in [5.41, 5.74) is 8.75. The highest BCUT2D eigenvalue weighted by molar-refractivity contribution is 7.80. The molecule has 0 saturated carbocycles. The van der Waals surface area contributed by atoms with Gasteiger partial charge in [0.05, 0.1) is 0 Å². The molecule has 0 spiro atoms. The Morgan fingerprint density at radius 1 is 1.12 bits per heavy atom. The van der Waals surface area contributed by atoms with Crippen LogP contribution in [0.2, 0.25) is 0 Å². The Balaban J connectivity index is 2.77. The van der Waals surface area contributed by atoms with Gasteiger partial charge in [-0.05, 0) is 54.2 Å². The maximum atomic E-state index is 4.46. The minimum absolute atomic E-state index is 0.152. The second-order valence-electron chi connectivity index (χ2n) is 5.38. The summed E-state index contributed by atoms with van der Waals surface area (Å²) in [5.74, 6) is 0.847. The first-order valence-corrected chi connectivity index (χ1v) is 6.46. The van der Waals surface area contributed by atoms with E-state index in [0.717, 1.165) is 5.75 Å². The first-order valence-electron chi connectivity index (χ1n) is 5.82. The SMILES string of the molecule is Cc1cc(C)c2c(c1C)C=C(CS)C2(C)C. The standard InChI is InChI=1S/C15H20S/c1-9-6-10(2)14-13(11(9)3)7-12(8-16)15(14,4)5/h6-7,16H,8H2,1-5H3. The largest absolute Gasteiger partial charge is 0.175 e. The number of benzene rings is 1. The second-order valence-corrected chi connectivity index (χ2v) is 5.69. The molecule has 0 atom stereocenters. The number of fused-ring (bicyclic) bond motifs is 1. The first-order chi connectivity index (χ1) is 7.39. The van der Waals surface area contributed by atoms with E-state index in [9.17, 15) is 0 Å². The van der Waals surface area contributed by atoms with Crippen molar-refractivity contribution in [3.63, 3.8) is 0 Å². The van der Waals surface area contributed by atoms with Crippen molar-refractivity contribution in [1.82, 2.24) is 0 Å². The number of rotatable bonds is 1. The fraction of sp³-hybridized carbons (Fsp3) is 0.467. The first kappa shape index (κ1) is 11.8. The summed E-state index contributed by atoms with van der Waals surface area (Å²) in [6.45, 7) is 11.3. The molecule has 0 nitrogen and oxygen atoms in total. The van der Waals surface area contributed by atoms with Gasteiger partial charge in [-0.25, -0.2) is 0 Å². The Labute approximate surface area is 104 Å². The third-order valence-corrected chi connectivity index (χ3v) is 4.35.